The van der Waals surface area contributed by atoms with Gasteiger partial charge in [0.05, 0.1) is 6.04 Å². The van der Waals surface area contributed by atoms with E-state index >= 15 is 0 Å². The maximum absolute atomic E-state index is 6.09. The van der Waals surface area contributed by atoms with Gasteiger partial charge in [0.15, 0.2) is 5.82 Å². The molecule has 1 aromatic rings. The molecular weight excluding hydrogens is 216 g/mol. The van der Waals surface area contributed by atoms with Gasteiger partial charge in [-0.2, -0.15) is 4.98 Å². The van der Waals surface area contributed by atoms with Crippen LogP contribution in [0, 0.1) is 0 Å². The Morgan fingerprint density at radius 1 is 1.41 bits per heavy atom. The Bertz CT molecular complexity index is 333. The summed E-state index contributed by atoms with van der Waals surface area (Å²) in [6, 6.07) is -0.118. The van der Waals surface area contributed by atoms with E-state index in [0.717, 1.165) is 44.8 Å². The van der Waals surface area contributed by atoms with Crippen LogP contribution in [0.5, 0.6) is 0 Å². The highest BCUT2D eigenvalue weighted by Crippen LogP contribution is 2.14. The molecule has 0 radical (unpaired) electrons. The van der Waals surface area contributed by atoms with Crippen molar-refractivity contribution in [3.05, 3.63) is 11.7 Å². The summed E-state index contributed by atoms with van der Waals surface area (Å²) in [4.78, 5) is 6.73. The summed E-state index contributed by atoms with van der Waals surface area (Å²) in [5, 5.41) is 3.97. The number of hydrogen-bond acceptors (Lipinski definition) is 5. The van der Waals surface area contributed by atoms with Gasteiger partial charge < -0.3 is 15.2 Å². The third-order valence-electron chi connectivity index (χ3n) is 3.21. The first-order chi connectivity index (χ1) is 8.29. The Kier molecular flexibility index (Phi) is 4.50. The predicted molar refractivity (Wildman–Crippen MR) is 65.5 cm³/mol. The minimum Gasteiger partial charge on any atom is -0.339 e. The lowest BCUT2D eigenvalue weighted by atomic mass is 10.2. The van der Waals surface area contributed by atoms with E-state index in [1.165, 1.54) is 12.8 Å². The highest BCUT2D eigenvalue weighted by atomic mass is 16.5. The van der Waals surface area contributed by atoms with Gasteiger partial charge in [-0.15, -0.1) is 0 Å². The minimum atomic E-state index is -0.118. The standard InChI is InChI=1S/C12H22N4O/c1-2-3-6-11-14-12(15-17-11)10(13)9-16-7-4-5-8-16/h10H,2-9,13H2,1H3. The molecule has 1 aliphatic heterocycles. The molecule has 17 heavy (non-hydrogen) atoms. The molecule has 2 rings (SSSR count). The second kappa shape index (κ2) is 6.12. The van der Waals surface area contributed by atoms with Crippen LogP contribution in [-0.4, -0.2) is 34.7 Å². The first-order valence-corrected chi connectivity index (χ1v) is 6.60. The molecule has 5 heteroatoms. The summed E-state index contributed by atoms with van der Waals surface area (Å²) in [6.45, 7) is 5.28. The monoisotopic (exact) mass is 238 g/mol. The molecule has 2 heterocycles. The Labute approximate surface area is 102 Å². The fourth-order valence-electron chi connectivity index (χ4n) is 2.17. The van der Waals surface area contributed by atoms with Gasteiger partial charge in [-0.1, -0.05) is 18.5 Å². The van der Waals surface area contributed by atoms with Crippen molar-refractivity contribution in [3.8, 4) is 0 Å². The van der Waals surface area contributed by atoms with Crippen LogP contribution in [-0.2, 0) is 6.42 Å². The zero-order valence-corrected chi connectivity index (χ0v) is 10.6. The average molecular weight is 238 g/mol. The van der Waals surface area contributed by atoms with E-state index in [1.807, 2.05) is 0 Å². The molecule has 1 fully saturated rings. The van der Waals surface area contributed by atoms with E-state index < -0.39 is 0 Å². The van der Waals surface area contributed by atoms with E-state index in [9.17, 15) is 0 Å². The number of nitrogens with zero attached hydrogens (tertiary/aromatic N) is 3. The number of aryl methyl sites for hydroxylation is 1. The second-order valence-electron chi connectivity index (χ2n) is 4.76. The van der Waals surface area contributed by atoms with Gasteiger partial charge in [-0.3, -0.25) is 0 Å². The molecule has 0 aromatic carbocycles. The summed E-state index contributed by atoms with van der Waals surface area (Å²) in [5.74, 6) is 1.38. The third-order valence-corrected chi connectivity index (χ3v) is 3.21. The van der Waals surface area contributed by atoms with Crippen LogP contribution in [0.3, 0.4) is 0 Å². The summed E-state index contributed by atoms with van der Waals surface area (Å²) in [5.41, 5.74) is 6.09. The molecule has 1 unspecified atom stereocenters. The van der Waals surface area contributed by atoms with Crippen molar-refractivity contribution in [2.75, 3.05) is 19.6 Å². The van der Waals surface area contributed by atoms with Crippen molar-refractivity contribution in [1.29, 1.82) is 0 Å². The molecule has 0 amide bonds. The van der Waals surface area contributed by atoms with E-state index in [2.05, 4.69) is 22.0 Å². The third kappa shape index (κ3) is 3.51. The molecule has 1 atom stereocenters. The number of rotatable bonds is 6. The molecule has 1 saturated heterocycles. The summed E-state index contributed by atoms with van der Waals surface area (Å²) in [6.07, 6.45) is 5.64. The SMILES string of the molecule is CCCCc1nc(C(N)CN2CCCC2)no1. The van der Waals surface area contributed by atoms with Gasteiger partial charge in [0.2, 0.25) is 5.89 Å². The van der Waals surface area contributed by atoms with Gasteiger partial charge in [0.1, 0.15) is 0 Å². The number of unbranched alkanes of at least 4 members (excludes halogenated alkanes) is 1. The number of nitrogens with two attached hydrogens (primary N) is 1. The van der Waals surface area contributed by atoms with E-state index in [0.29, 0.717) is 5.82 Å². The summed E-state index contributed by atoms with van der Waals surface area (Å²) in [7, 11) is 0. The zero-order chi connectivity index (χ0) is 12.1. The van der Waals surface area contributed by atoms with Gasteiger partial charge in [-0.25, -0.2) is 0 Å². The fourth-order valence-corrected chi connectivity index (χ4v) is 2.17. The Hall–Kier alpha value is -0.940. The first kappa shape index (κ1) is 12.5. The molecular formula is C12H22N4O. The van der Waals surface area contributed by atoms with Crippen molar-refractivity contribution in [3.63, 3.8) is 0 Å². The predicted octanol–water partition coefficient (Wildman–Crippen LogP) is 1.51. The van der Waals surface area contributed by atoms with Crippen LogP contribution < -0.4 is 5.73 Å². The largest absolute Gasteiger partial charge is 0.339 e. The van der Waals surface area contributed by atoms with E-state index in [4.69, 9.17) is 10.3 Å². The minimum absolute atomic E-state index is 0.118. The maximum atomic E-state index is 6.09. The van der Waals surface area contributed by atoms with Gasteiger partial charge in [0, 0.05) is 13.0 Å². The zero-order valence-electron chi connectivity index (χ0n) is 10.6. The van der Waals surface area contributed by atoms with Gasteiger partial charge in [-0.05, 0) is 32.4 Å². The molecule has 0 spiro atoms. The number of likely N-dealkylation sites (tertiary alicyclic amines) is 1. The Morgan fingerprint density at radius 3 is 2.88 bits per heavy atom. The fraction of sp³-hybridized carbons (Fsp3) is 0.833. The molecule has 5 nitrogen and oxygen atoms in total. The van der Waals surface area contributed by atoms with E-state index in [1.54, 1.807) is 0 Å². The molecule has 0 bridgehead atoms. The van der Waals surface area contributed by atoms with Crippen LogP contribution in [0.4, 0.5) is 0 Å². The Morgan fingerprint density at radius 2 is 2.18 bits per heavy atom. The van der Waals surface area contributed by atoms with Crippen molar-refractivity contribution in [2.45, 2.75) is 45.1 Å². The molecule has 1 aliphatic rings. The number of aromatic nitrogens is 2. The molecule has 96 valence electrons. The maximum Gasteiger partial charge on any atom is 0.226 e. The molecule has 0 saturated carbocycles. The molecule has 2 N–H and O–H groups in total. The first-order valence-electron chi connectivity index (χ1n) is 6.60. The van der Waals surface area contributed by atoms with Crippen molar-refractivity contribution in [2.24, 2.45) is 5.73 Å². The van der Waals surface area contributed by atoms with Crippen LogP contribution in [0.1, 0.15) is 50.4 Å². The van der Waals surface area contributed by atoms with Crippen LogP contribution in [0.15, 0.2) is 4.52 Å². The van der Waals surface area contributed by atoms with Crippen molar-refractivity contribution >= 4 is 0 Å². The molecule has 1 aromatic heterocycles. The lowest BCUT2D eigenvalue weighted by Gasteiger charge is -2.17. The lowest BCUT2D eigenvalue weighted by Crippen LogP contribution is -2.30. The average Bonchev–Trinajstić information content (AvgIpc) is 2.96. The smallest absolute Gasteiger partial charge is 0.226 e. The number of hydrogen-bond donors (Lipinski definition) is 1. The quantitative estimate of drug-likeness (QED) is 0.813. The highest BCUT2D eigenvalue weighted by molar-refractivity contribution is 4.94. The second-order valence-corrected chi connectivity index (χ2v) is 4.76. The Balaban J connectivity index is 1.85. The summed E-state index contributed by atoms with van der Waals surface area (Å²) < 4.78 is 5.19. The normalized spacial score (nSPS) is 18.7. The van der Waals surface area contributed by atoms with Crippen LogP contribution in [0.2, 0.25) is 0 Å². The lowest BCUT2D eigenvalue weighted by molar-refractivity contribution is 0.305. The highest BCUT2D eigenvalue weighted by Gasteiger charge is 2.19. The summed E-state index contributed by atoms with van der Waals surface area (Å²) >= 11 is 0. The topological polar surface area (TPSA) is 68.2 Å². The van der Waals surface area contributed by atoms with Crippen LogP contribution in [0.25, 0.3) is 0 Å². The molecule has 0 aliphatic carbocycles. The van der Waals surface area contributed by atoms with Gasteiger partial charge in [0.25, 0.3) is 0 Å². The van der Waals surface area contributed by atoms with Crippen molar-refractivity contribution < 1.29 is 4.52 Å². The van der Waals surface area contributed by atoms with Crippen LogP contribution >= 0.6 is 0 Å². The van der Waals surface area contributed by atoms with Gasteiger partial charge >= 0.3 is 0 Å². The van der Waals surface area contributed by atoms with Crippen molar-refractivity contribution in [1.82, 2.24) is 15.0 Å². The van der Waals surface area contributed by atoms with E-state index in [-0.39, 0.29) is 6.04 Å².